The molecule has 2 heterocycles. The number of nitrogens with zero attached hydrogens (tertiary/aromatic N) is 3. The summed E-state index contributed by atoms with van der Waals surface area (Å²) in [5.41, 5.74) is 0.656. The molecule has 0 unspecified atom stereocenters. The quantitative estimate of drug-likeness (QED) is 0.634. The number of rotatable bonds is 6. The average molecular weight is 441 g/mol. The minimum Gasteiger partial charge on any atom is -0.493 e. The number of methoxy groups -OCH3 is 3. The van der Waals surface area contributed by atoms with Gasteiger partial charge in [-0.15, -0.1) is 10.2 Å². The smallest absolute Gasteiger partial charge is 0.470 e. The largest absolute Gasteiger partial charge is 0.493 e. The molecule has 1 aliphatic rings. The summed E-state index contributed by atoms with van der Waals surface area (Å²) in [5.74, 6) is -0.894. The Morgan fingerprint density at radius 2 is 1.84 bits per heavy atom. The second-order valence-electron chi connectivity index (χ2n) is 6.86. The minimum atomic E-state index is -4.70. The molecular weight excluding hydrogens is 419 g/mol. The van der Waals surface area contributed by atoms with Crippen LogP contribution < -0.4 is 14.2 Å². The van der Waals surface area contributed by atoms with Crippen LogP contribution in [0.15, 0.2) is 22.6 Å². The van der Waals surface area contributed by atoms with E-state index in [1.807, 2.05) is 0 Å². The Balaban J connectivity index is 1.72. The molecule has 0 N–H and O–H groups in total. The van der Waals surface area contributed by atoms with Gasteiger partial charge in [-0.25, -0.2) is 0 Å². The Hall–Kier alpha value is -3.24. The normalized spacial score (nSPS) is 17.1. The number of benzene rings is 1. The van der Waals surface area contributed by atoms with Gasteiger partial charge in [0.05, 0.1) is 27.2 Å². The van der Waals surface area contributed by atoms with Crippen LogP contribution in [0, 0.1) is 0 Å². The molecule has 0 aliphatic carbocycles. The van der Waals surface area contributed by atoms with Crippen molar-refractivity contribution in [1.29, 1.82) is 0 Å². The lowest BCUT2D eigenvalue weighted by Gasteiger charge is -2.30. The first-order chi connectivity index (χ1) is 14.8. The molecule has 1 aliphatic heterocycles. The fourth-order valence-corrected chi connectivity index (χ4v) is 3.36. The molecule has 1 fully saturated rings. The van der Waals surface area contributed by atoms with Crippen molar-refractivity contribution in [2.24, 2.45) is 0 Å². The maximum atomic E-state index is 12.7. The van der Waals surface area contributed by atoms with Gasteiger partial charge in [-0.05, 0) is 36.6 Å². The van der Waals surface area contributed by atoms with Gasteiger partial charge in [-0.1, -0.05) is 0 Å². The van der Waals surface area contributed by atoms with Crippen LogP contribution in [-0.4, -0.2) is 55.4 Å². The fraction of sp³-hybridized carbons (Fsp3) is 0.450. The van der Waals surface area contributed by atoms with E-state index in [2.05, 4.69) is 10.2 Å². The lowest BCUT2D eigenvalue weighted by atomic mass is 9.98. The van der Waals surface area contributed by atoms with Crippen LogP contribution in [0.5, 0.6) is 17.2 Å². The number of hydrogen-bond acceptors (Lipinski definition) is 7. The molecule has 1 saturated heterocycles. The molecule has 1 aromatic heterocycles. The zero-order chi connectivity index (χ0) is 22.6. The average Bonchev–Trinajstić information content (AvgIpc) is 3.27. The molecule has 31 heavy (non-hydrogen) atoms. The summed E-state index contributed by atoms with van der Waals surface area (Å²) in [6.07, 6.45) is -0.542. The molecule has 0 bridgehead atoms. The Labute approximate surface area is 176 Å². The van der Waals surface area contributed by atoms with Gasteiger partial charge in [-0.3, -0.25) is 4.79 Å². The van der Waals surface area contributed by atoms with Crippen LogP contribution in [0.1, 0.15) is 36.1 Å². The first-order valence-corrected chi connectivity index (χ1v) is 9.44. The van der Waals surface area contributed by atoms with Crippen molar-refractivity contribution in [3.05, 3.63) is 35.6 Å². The molecule has 8 nitrogen and oxygen atoms in total. The van der Waals surface area contributed by atoms with Crippen LogP contribution in [-0.2, 0) is 11.0 Å². The van der Waals surface area contributed by atoms with Gasteiger partial charge < -0.3 is 23.5 Å². The van der Waals surface area contributed by atoms with E-state index in [4.69, 9.17) is 18.6 Å². The number of piperidine rings is 1. The number of alkyl halides is 3. The molecule has 168 valence electrons. The van der Waals surface area contributed by atoms with Gasteiger partial charge in [0.15, 0.2) is 11.5 Å². The number of amides is 1. The lowest BCUT2D eigenvalue weighted by Crippen LogP contribution is -2.38. The zero-order valence-corrected chi connectivity index (χ0v) is 17.2. The molecule has 1 amide bonds. The number of carbonyl (C=O) groups is 1. The monoisotopic (exact) mass is 441 g/mol. The highest BCUT2D eigenvalue weighted by Crippen LogP contribution is 2.38. The van der Waals surface area contributed by atoms with Gasteiger partial charge in [0.1, 0.15) is 0 Å². The van der Waals surface area contributed by atoms with Gasteiger partial charge >= 0.3 is 12.1 Å². The molecule has 2 aromatic rings. The lowest BCUT2D eigenvalue weighted by molar-refractivity contribution is -0.157. The van der Waals surface area contributed by atoms with E-state index in [-0.39, 0.29) is 18.3 Å². The van der Waals surface area contributed by atoms with Crippen LogP contribution in [0.2, 0.25) is 0 Å². The SMILES string of the molecule is COc1cc(/C=C/C(=O)N2CCC[C@H](c3nnc(C(F)(F)F)o3)C2)cc(OC)c1OC. The van der Waals surface area contributed by atoms with Crippen LogP contribution in [0.4, 0.5) is 13.2 Å². The van der Waals surface area contributed by atoms with Gasteiger partial charge in [0.2, 0.25) is 17.5 Å². The summed E-state index contributed by atoms with van der Waals surface area (Å²) in [5, 5.41) is 6.58. The second kappa shape index (κ2) is 9.27. The van der Waals surface area contributed by atoms with Gasteiger partial charge in [0, 0.05) is 19.2 Å². The van der Waals surface area contributed by atoms with E-state index >= 15 is 0 Å². The maximum Gasteiger partial charge on any atom is 0.470 e. The second-order valence-corrected chi connectivity index (χ2v) is 6.86. The number of halogens is 3. The first kappa shape index (κ1) is 22.4. The Morgan fingerprint density at radius 3 is 2.39 bits per heavy atom. The van der Waals surface area contributed by atoms with Crippen molar-refractivity contribution in [2.75, 3.05) is 34.4 Å². The summed E-state index contributed by atoms with van der Waals surface area (Å²) < 4.78 is 58.7. The highest BCUT2D eigenvalue weighted by atomic mass is 19.4. The molecule has 1 atom stereocenters. The van der Waals surface area contributed by atoms with E-state index in [0.29, 0.717) is 42.2 Å². The Bertz CT molecular complexity index is 933. The summed E-state index contributed by atoms with van der Waals surface area (Å²) in [7, 11) is 4.48. The van der Waals surface area contributed by atoms with Crippen LogP contribution in [0.3, 0.4) is 0 Å². The molecule has 1 aromatic carbocycles. The Morgan fingerprint density at radius 1 is 1.16 bits per heavy atom. The number of hydrogen-bond donors (Lipinski definition) is 0. The van der Waals surface area contributed by atoms with Gasteiger partial charge in [-0.2, -0.15) is 13.2 Å². The molecule has 11 heteroatoms. The first-order valence-electron chi connectivity index (χ1n) is 9.44. The van der Waals surface area contributed by atoms with E-state index in [1.54, 1.807) is 23.1 Å². The van der Waals surface area contributed by atoms with Crippen LogP contribution in [0.25, 0.3) is 6.08 Å². The fourth-order valence-electron chi connectivity index (χ4n) is 3.36. The molecule has 0 spiro atoms. The molecule has 0 saturated carbocycles. The number of likely N-dealkylation sites (tertiary alicyclic amines) is 1. The van der Waals surface area contributed by atoms with E-state index in [9.17, 15) is 18.0 Å². The third-order valence-electron chi connectivity index (χ3n) is 4.87. The third kappa shape index (κ3) is 5.09. The minimum absolute atomic E-state index is 0.113. The number of carbonyl (C=O) groups excluding carboxylic acids is 1. The van der Waals surface area contributed by atoms with Crippen molar-refractivity contribution in [2.45, 2.75) is 24.9 Å². The van der Waals surface area contributed by atoms with Gasteiger partial charge in [0.25, 0.3) is 0 Å². The topological polar surface area (TPSA) is 86.9 Å². The van der Waals surface area contributed by atoms with E-state index in [1.165, 1.54) is 27.4 Å². The van der Waals surface area contributed by atoms with E-state index < -0.39 is 18.0 Å². The molecular formula is C20H22F3N3O5. The Kier molecular flexibility index (Phi) is 6.71. The van der Waals surface area contributed by atoms with E-state index in [0.717, 1.165) is 0 Å². The summed E-state index contributed by atoms with van der Waals surface area (Å²) in [4.78, 5) is 14.2. The highest BCUT2D eigenvalue weighted by Gasteiger charge is 2.39. The highest BCUT2D eigenvalue weighted by molar-refractivity contribution is 5.92. The van der Waals surface area contributed by atoms with Crippen molar-refractivity contribution >= 4 is 12.0 Å². The molecule has 3 rings (SSSR count). The summed E-state index contributed by atoms with van der Waals surface area (Å²) in [6.45, 7) is 0.674. The predicted octanol–water partition coefficient (Wildman–Crippen LogP) is 3.53. The summed E-state index contributed by atoms with van der Waals surface area (Å²) >= 11 is 0. The predicted molar refractivity (Wildman–Crippen MR) is 103 cm³/mol. The summed E-state index contributed by atoms with van der Waals surface area (Å²) in [6, 6.07) is 3.39. The number of aromatic nitrogens is 2. The van der Waals surface area contributed by atoms with Crippen molar-refractivity contribution in [3.8, 4) is 17.2 Å². The number of ether oxygens (including phenoxy) is 3. The maximum absolute atomic E-state index is 12.7. The van der Waals surface area contributed by atoms with Crippen LogP contribution >= 0.6 is 0 Å². The van der Waals surface area contributed by atoms with Crippen molar-refractivity contribution < 1.29 is 36.6 Å². The van der Waals surface area contributed by atoms with Crippen molar-refractivity contribution in [3.63, 3.8) is 0 Å². The third-order valence-corrected chi connectivity index (χ3v) is 4.87. The molecule has 0 radical (unpaired) electrons. The van der Waals surface area contributed by atoms with Crippen molar-refractivity contribution in [1.82, 2.24) is 15.1 Å². The standard InChI is InChI=1S/C20H22F3N3O5/c1-28-14-9-12(10-15(29-2)17(14)30-3)6-7-16(27)26-8-4-5-13(11-26)18-24-25-19(31-18)20(21,22)23/h6-7,9-10,13H,4-5,8,11H2,1-3H3/b7-6+/t13-/m0/s1. The zero-order valence-electron chi connectivity index (χ0n) is 17.2.